The Morgan fingerprint density at radius 1 is 0.885 bits per heavy atom. The van der Waals surface area contributed by atoms with Gasteiger partial charge in [0.1, 0.15) is 5.75 Å². The summed E-state index contributed by atoms with van der Waals surface area (Å²) in [4.78, 5) is 12.1. The molecule has 0 saturated heterocycles. The van der Waals surface area contributed by atoms with E-state index in [2.05, 4.69) is 6.92 Å². The van der Waals surface area contributed by atoms with Gasteiger partial charge in [-0.3, -0.25) is 0 Å². The van der Waals surface area contributed by atoms with Crippen LogP contribution in [0, 0.1) is 0 Å². The Kier molecular flexibility index (Phi) is 12.4. The van der Waals surface area contributed by atoms with Gasteiger partial charge in [0.15, 0.2) is 6.10 Å². The maximum absolute atomic E-state index is 12.1. The number of anilines is 1. The average molecular weight is 364 g/mol. The molecule has 1 unspecified atom stereocenters. The minimum Gasteiger partial charge on any atom is -0.479 e. The number of nitrogens with two attached hydrogens (primary N) is 1. The van der Waals surface area contributed by atoms with Crippen LogP contribution in [0.1, 0.15) is 84.5 Å². The van der Waals surface area contributed by atoms with Crippen LogP contribution in [-0.2, 0) is 9.53 Å². The number of ether oxygens (including phenoxy) is 2. The van der Waals surface area contributed by atoms with Gasteiger partial charge in [-0.05, 0) is 44.0 Å². The van der Waals surface area contributed by atoms with E-state index in [0.29, 0.717) is 24.5 Å². The van der Waals surface area contributed by atoms with Crippen molar-refractivity contribution in [3.63, 3.8) is 0 Å². The molecule has 0 saturated carbocycles. The molecular formula is C22H37NO3. The van der Waals surface area contributed by atoms with Gasteiger partial charge in [0.05, 0.1) is 6.61 Å². The van der Waals surface area contributed by atoms with E-state index in [9.17, 15) is 4.79 Å². The molecule has 0 radical (unpaired) electrons. The van der Waals surface area contributed by atoms with Gasteiger partial charge in [0.25, 0.3) is 0 Å². The topological polar surface area (TPSA) is 61.5 Å². The van der Waals surface area contributed by atoms with Crippen LogP contribution >= 0.6 is 0 Å². The highest BCUT2D eigenvalue weighted by Crippen LogP contribution is 2.19. The van der Waals surface area contributed by atoms with E-state index in [1.54, 1.807) is 24.3 Å². The molecule has 0 aliphatic rings. The van der Waals surface area contributed by atoms with Crippen molar-refractivity contribution in [1.29, 1.82) is 0 Å². The number of unbranched alkanes of at least 4 members (excludes halogenated alkanes) is 9. The zero-order valence-corrected chi connectivity index (χ0v) is 16.7. The highest BCUT2D eigenvalue weighted by Gasteiger charge is 2.21. The minimum absolute atomic E-state index is 0.278. The molecule has 1 aromatic carbocycles. The molecule has 0 heterocycles. The van der Waals surface area contributed by atoms with Crippen LogP contribution in [0.5, 0.6) is 5.75 Å². The quantitative estimate of drug-likeness (QED) is 0.240. The van der Waals surface area contributed by atoms with Crippen LogP contribution in [0.3, 0.4) is 0 Å². The molecule has 0 aliphatic heterocycles. The lowest BCUT2D eigenvalue weighted by Crippen LogP contribution is -2.29. The number of carbonyl (C=O) groups is 1. The maximum Gasteiger partial charge on any atom is 0.347 e. The Morgan fingerprint density at radius 3 is 1.96 bits per heavy atom. The highest BCUT2D eigenvalue weighted by atomic mass is 16.6. The van der Waals surface area contributed by atoms with E-state index < -0.39 is 6.10 Å². The van der Waals surface area contributed by atoms with Gasteiger partial charge in [-0.2, -0.15) is 0 Å². The summed E-state index contributed by atoms with van der Waals surface area (Å²) < 4.78 is 11.0. The van der Waals surface area contributed by atoms with Crippen LogP contribution in [0.2, 0.25) is 0 Å². The van der Waals surface area contributed by atoms with Crippen LogP contribution < -0.4 is 10.5 Å². The van der Waals surface area contributed by atoms with E-state index in [0.717, 1.165) is 12.8 Å². The van der Waals surface area contributed by atoms with Gasteiger partial charge < -0.3 is 15.2 Å². The second-order valence-electron chi connectivity index (χ2n) is 6.90. The minimum atomic E-state index is -0.535. The SMILES string of the molecule is CCCCCCCCCCCCC(Oc1ccc(N)cc1)C(=O)OCC. The molecule has 0 aliphatic carbocycles. The largest absolute Gasteiger partial charge is 0.479 e. The molecule has 0 fully saturated rings. The third kappa shape index (κ3) is 10.3. The first-order valence-corrected chi connectivity index (χ1v) is 10.4. The summed E-state index contributed by atoms with van der Waals surface area (Å²) in [6, 6.07) is 7.14. The van der Waals surface area contributed by atoms with Crippen molar-refractivity contribution in [2.75, 3.05) is 12.3 Å². The molecule has 1 aromatic rings. The van der Waals surface area contributed by atoms with Crippen molar-refractivity contribution in [3.8, 4) is 5.75 Å². The van der Waals surface area contributed by atoms with Crippen molar-refractivity contribution in [2.45, 2.75) is 90.6 Å². The van der Waals surface area contributed by atoms with Gasteiger partial charge in [-0.15, -0.1) is 0 Å². The molecule has 148 valence electrons. The molecule has 1 rings (SSSR count). The van der Waals surface area contributed by atoms with Gasteiger partial charge in [-0.25, -0.2) is 4.79 Å². The van der Waals surface area contributed by atoms with Crippen molar-refractivity contribution in [2.24, 2.45) is 0 Å². The van der Waals surface area contributed by atoms with Gasteiger partial charge in [-0.1, -0.05) is 64.7 Å². The van der Waals surface area contributed by atoms with Crippen molar-refractivity contribution < 1.29 is 14.3 Å². The number of rotatable bonds is 15. The summed E-state index contributed by atoms with van der Waals surface area (Å²) in [7, 11) is 0. The Labute approximate surface area is 159 Å². The summed E-state index contributed by atoms with van der Waals surface area (Å²) in [6.07, 6.45) is 12.9. The average Bonchev–Trinajstić information content (AvgIpc) is 2.64. The smallest absolute Gasteiger partial charge is 0.347 e. The normalized spacial score (nSPS) is 11.9. The monoisotopic (exact) mass is 363 g/mol. The summed E-state index contributed by atoms with van der Waals surface area (Å²) in [5.74, 6) is 0.379. The van der Waals surface area contributed by atoms with Crippen LogP contribution in [0.4, 0.5) is 5.69 Å². The van der Waals surface area contributed by atoms with Gasteiger partial charge in [0, 0.05) is 5.69 Å². The molecule has 2 N–H and O–H groups in total. The van der Waals surface area contributed by atoms with Gasteiger partial charge >= 0.3 is 5.97 Å². The second kappa shape index (κ2) is 14.5. The molecule has 0 amide bonds. The van der Waals surface area contributed by atoms with Gasteiger partial charge in [0.2, 0.25) is 0 Å². The first kappa shape index (κ1) is 22.3. The van der Waals surface area contributed by atoms with E-state index >= 15 is 0 Å². The molecular weight excluding hydrogens is 326 g/mol. The summed E-state index contributed by atoms with van der Waals surface area (Å²) in [5, 5.41) is 0. The third-order valence-corrected chi connectivity index (χ3v) is 4.53. The number of nitrogen functional groups attached to an aromatic ring is 1. The molecule has 1 atom stereocenters. The zero-order valence-electron chi connectivity index (χ0n) is 16.7. The maximum atomic E-state index is 12.1. The second-order valence-corrected chi connectivity index (χ2v) is 6.90. The number of esters is 1. The van der Waals surface area contributed by atoms with E-state index in [-0.39, 0.29) is 5.97 Å². The van der Waals surface area contributed by atoms with E-state index in [1.165, 1.54) is 51.4 Å². The number of carbonyl (C=O) groups excluding carboxylic acids is 1. The molecule has 0 bridgehead atoms. The first-order valence-electron chi connectivity index (χ1n) is 10.4. The highest BCUT2D eigenvalue weighted by molar-refractivity contribution is 5.75. The first-order chi connectivity index (χ1) is 12.7. The Balaban J connectivity index is 2.24. The fourth-order valence-corrected chi connectivity index (χ4v) is 2.99. The van der Waals surface area contributed by atoms with Crippen LogP contribution in [0.15, 0.2) is 24.3 Å². The number of hydrogen-bond donors (Lipinski definition) is 1. The van der Waals surface area contributed by atoms with E-state index in [1.807, 2.05) is 6.92 Å². The Morgan fingerprint density at radius 2 is 1.42 bits per heavy atom. The molecule has 4 heteroatoms. The van der Waals surface area contributed by atoms with E-state index in [4.69, 9.17) is 15.2 Å². The summed E-state index contributed by atoms with van der Waals surface area (Å²) in [6.45, 7) is 4.44. The lowest BCUT2D eigenvalue weighted by atomic mass is 10.0. The fourth-order valence-electron chi connectivity index (χ4n) is 2.99. The molecule has 4 nitrogen and oxygen atoms in total. The standard InChI is InChI=1S/C22H37NO3/c1-3-5-6-7-8-9-10-11-12-13-14-21(22(24)25-4-2)26-20-17-15-19(23)16-18-20/h15-18,21H,3-14,23H2,1-2H3. The molecule has 0 aromatic heterocycles. The number of benzene rings is 1. The third-order valence-electron chi connectivity index (χ3n) is 4.53. The summed E-state index contributed by atoms with van der Waals surface area (Å²) >= 11 is 0. The van der Waals surface area contributed by atoms with Crippen LogP contribution in [0.25, 0.3) is 0 Å². The fraction of sp³-hybridized carbons (Fsp3) is 0.682. The molecule has 26 heavy (non-hydrogen) atoms. The van der Waals surface area contributed by atoms with Crippen molar-refractivity contribution in [1.82, 2.24) is 0 Å². The van der Waals surface area contributed by atoms with Crippen molar-refractivity contribution in [3.05, 3.63) is 24.3 Å². The Bertz CT molecular complexity index is 473. The number of hydrogen-bond acceptors (Lipinski definition) is 4. The van der Waals surface area contributed by atoms with Crippen molar-refractivity contribution >= 4 is 11.7 Å². The zero-order chi connectivity index (χ0) is 19.0. The predicted octanol–water partition coefficient (Wildman–Crippen LogP) is 5.89. The predicted molar refractivity (Wildman–Crippen MR) is 108 cm³/mol. The Hall–Kier alpha value is -1.71. The van der Waals surface area contributed by atoms with Crippen LogP contribution in [-0.4, -0.2) is 18.7 Å². The molecule has 0 spiro atoms. The lowest BCUT2D eigenvalue weighted by Gasteiger charge is -2.17. The lowest BCUT2D eigenvalue weighted by molar-refractivity contribution is -0.151. The summed E-state index contributed by atoms with van der Waals surface area (Å²) in [5.41, 5.74) is 6.37.